The largest absolute Gasteiger partial charge is 0.430 e. The van der Waals surface area contributed by atoms with Gasteiger partial charge in [-0.15, -0.1) is 0 Å². The van der Waals surface area contributed by atoms with Crippen molar-refractivity contribution in [1.29, 1.82) is 0 Å². The number of hydrogen-bond donors (Lipinski definition) is 2. The molecule has 5 unspecified atom stereocenters. The second-order valence-electron chi connectivity index (χ2n) is 8.12. The van der Waals surface area contributed by atoms with Gasteiger partial charge in [-0.2, -0.15) is 26.3 Å². The maximum absolute atomic E-state index is 12.6. The second kappa shape index (κ2) is 7.43. The standard InChI is InChI=1S/C19H26F6O2/c1-12(13-8-9-14-15(26)7-5-10-16(13,14)2)6-3-4-11-17(27,18(20,21)22)19(23,24)25/h3-4,6,11-15,26-27H,5,7-10H2,1-2H3. The molecule has 5 atom stereocenters. The van der Waals surface area contributed by atoms with Gasteiger partial charge in [0.15, 0.2) is 0 Å². The fourth-order valence-corrected chi connectivity index (χ4v) is 4.97. The Bertz CT molecular complexity index is 566. The van der Waals surface area contributed by atoms with Gasteiger partial charge in [-0.3, -0.25) is 0 Å². The predicted molar refractivity (Wildman–Crippen MR) is 88.7 cm³/mol. The summed E-state index contributed by atoms with van der Waals surface area (Å²) in [7, 11) is 0. The van der Waals surface area contributed by atoms with Gasteiger partial charge in [0, 0.05) is 0 Å². The summed E-state index contributed by atoms with van der Waals surface area (Å²) in [4.78, 5) is 0. The molecule has 2 fully saturated rings. The molecule has 2 rings (SSSR count). The molecule has 2 aliphatic carbocycles. The van der Waals surface area contributed by atoms with Crippen LogP contribution in [0.4, 0.5) is 26.3 Å². The van der Waals surface area contributed by atoms with Crippen molar-refractivity contribution in [3.05, 3.63) is 24.3 Å². The minimum absolute atomic E-state index is 0.0696. The first-order valence-corrected chi connectivity index (χ1v) is 9.14. The van der Waals surface area contributed by atoms with Gasteiger partial charge in [0.25, 0.3) is 5.60 Å². The number of aliphatic hydroxyl groups excluding tert-OH is 1. The molecule has 0 amide bonds. The molecular weight excluding hydrogens is 374 g/mol. The summed E-state index contributed by atoms with van der Waals surface area (Å²) in [5.74, 6) is 0.314. The number of halogens is 6. The number of fused-ring (bicyclic) bond motifs is 1. The number of rotatable bonds is 4. The zero-order valence-corrected chi connectivity index (χ0v) is 15.3. The average Bonchev–Trinajstić information content (AvgIpc) is 2.87. The monoisotopic (exact) mass is 400 g/mol. The topological polar surface area (TPSA) is 40.5 Å². The van der Waals surface area contributed by atoms with Crippen LogP contribution in [0.25, 0.3) is 0 Å². The van der Waals surface area contributed by atoms with E-state index in [1.165, 1.54) is 0 Å². The van der Waals surface area contributed by atoms with E-state index in [9.17, 15) is 31.4 Å². The van der Waals surface area contributed by atoms with Gasteiger partial charge in [0.1, 0.15) is 0 Å². The molecular formula is C19H26F6O2. The van der Waals surface area contributed by atoms with Gasteiger partial charge in [-0.05, 0) is 54.9 Å². The van der Waals surface area contributed by atoms with Crippen LogP contribution in [0.3, 0.4) is 0 Å². The zero-order valence-electron chi connectivity index (χ0n) is 15.3. The first-order valence-electron chi connectivity index (χ1n) is 9.14. The Morgan fingerprint density at radius 1 is 1.00 bits per heavy atom. The highest BCUT2D eigenvalue weighted by molar-refractivity contribution is 5.17. The third kappa shape index (κ3) is 4.06. The lowest BCUT2D eigenvalue weighted by atomic mass is 9.62. The van der Waals surface area contributed by atoms with E-state index in [-0.39, 0.29) is 35.3 Å². The van der Waals surface area contributed by atoms with Crippen LogP contribution < -0.4 is 0 Å². The maximum Gasteiger partial charge on any atom is 0.430 e. The highest BCUT2D eigenvalue weighted by Gasteiger charge is 2.68. The maximum atomic E-state index is 12.6. The van der Waals surface area contributed by atoms with Gasteiger partial charge < -0.3 is 10.2 Å². The summed E-state index contributed by atoms with van der Waals surface area (Å²) < 4.78 is 75.8. The second-order valence-corrected chi connectivity index (χ2v) is 8.12. The van der Waals surface area contributed by atoms with Gasteiger partial charge in [-0.1, -0.05) is 38.5 Å². The predicted octanol–water partition coefficient (Wildman–Crippen LogP) is 5.17. The van der Waals surface area contributed by atoms with Gasteiger partial charge in [0.2, 0.25) is 0 Å². The Morgan fingerprint density at radius 2 is 1.59 bits per heavy atom. The molecule has 156 valence electrons. The van der Waals surface area contributed by atoms with Crippen molar-refractivity contribution in [2.45, 2.75) is 70.0 Å². The van der Waals surface area contributed by atoms with Crippen molar-refractivity contribution in [2.75, 3.05) is 0 Å². The molecule has 0 heterocycles. The van der Waals surface area contributed by atoms with Crippen molar-refractivity contribution in [1.82, 2.24) is 0 Å². The van der Waals surface area contributed by atoms with Crippen LogP contribution in [0.5, 0.6) is 0 Å². The summed E-state index contributed by atoms with van der Waals surface area (Å²) >= 11 is 0. The lowest BCUT2D eigenvalue weighted by Crippen LogP contribution is -2.55. The van der Waals surface area contributed by atoms with Crippen molar-refractivity contribution in [2.24, 2.45) is 23.2 Å². The third-order valence-corrected chi connectivity index (χ3v) is 6.52. The Balaban J connectivity index is 2.11. The SMILES string of the molecule is CC(C=CC=CC(O)(C(F)(F)F)C(F)(F)F)C1CCC2C(O)CCCC12C. The Hall–Kier alpha value is -1.02. The van der Waals surface area contributed by atoms with E-state index in [0.717, 1.165) is 38.2 Å². The van der Waals surface area contributed by atoms with Crippen LogP contribution in [0.2, 0.25) is 0 Å². The molecule has 2 nitrogen and oxygen atoms in total. The van der Waals surface area contributed by atoms with E-state index in [2.05, 4.69) is 6.92 Å². The Morgan fingerprint density at radius 3 is 2.15 bits per heavy atom. The smallest absolute Gasteiger partial charge is 0.393 e. The highest BCUT2D eigenvalue weighted by Crippen LogP contribution is 2.57. The van der Waals surface area contributed by atoms with Crippen LogP contribution in [0.15, 0.2) is 24.3 Å². The average molecular weight is 400 g/mol. The first kappa shape index (κ1) is 22.3. The van der Waals surface area contributed by atoms with Gasteiger partial charge in [0.05, 0.1) is 6.10 Å². The Kier molecular flexibility index (Phi) is 6.13. The van der Waals surface area contributed by atoms with Crippen LogP contribution in [-0.4, -0.2) is 34.3 Å². The zero-order chi connectivity index (χ0) is 20.7. The van der Waals surface area contributed by atoms with Crippen molar-refractivity contribution < 1.29 is 36.6 Å². The van der Waals surface area contributed by atoms with E-state index < -0.39 is 18.0 Å². The molecule has 0 radical (unpaired) electrons. The fourth-order valence-electron chi connectivity index (χ4n) is 4.97. The van der Waals surface area contributed by atoms with Gasteiger partial charge >= 0.3 is 12.4 Å². The van der Waals surface area contributed by atoms with Crippen molar-refractivity contribution in [3.63, 3.8) is 0 Å². The van der Waals surface area contributed by atoms with Crippen molar-refractivity contribution in [3.8, 4) is 0 Å². The van der Waals surface area contributed by atoms with Crippen molar-refractivity contribution >= 4 is 0 Å². The van der Waals surface area contributed by atoms with Crippen LogP contribution in [0, 0.1) is 23.2 Å². The molecule has 8 heteroatoms. The fraction of sp³-hybridized carbons (Fsp3) is 0.789. The molecule has 0 aromatic heterocycles. The van der Waals surface area contributed by atoms with E-state index in [1.54, 1.807) is 6.08 Å². The number of alkyl halides is 6. The lowest BCUT2D eigenvalue weighted by Gasteiger charge is -2.44. The number of hydrogen-bond acceptors (Lipinski definition) is 2. The molecule has 0 spiro atoms. The molecule has 2 N–H and O–H groups in total. The van der Waals surface area contributed by atoms with E-state index in [1.807, 2.05) is 6.92 Å². The summed E-state index contributed by atoms with van der Waals surface area (Å²) in [5.41, 5.74) is -4.95. The normalized spacial score (nSPS) is 34.4. The number of allylic oxidation sites excluding steroid dienone is 3. The molecule has 0 aromatic rings. The van der Waals surface area contributed by atoms with E-state index in [4.69, 9.17) is 5.11 Å². The minimum atomic E-state index is -5.86. The number of aliphatic hydroxyl groups is 2. The van der Waals surface area contributed by atoms with E-state index >= 15 is 0 Å². The summed E-state index contributed by atoms with van der Waals surface area (Å²) in [6.45, 7) is 3.99. The molecule has 2 aliphatic rings. The highest BCUT2D eigenvalue weighted by atomic mass is 19.4. The van der Waals surface area contributed by atoms with Crippen LogP contribution >= 0.6 is 0 Å². The lowest BCUT2D eigenvalue weighted by molar-refractivity contribution is -0.347. The van der Waals surface area contributed by atoms with Crippen LogP contribution in [0.1, 0.15) is 46.0 Å². The first-order chi connectivity index (χ1) is 12.2. The molecule has 2 saturated carbocycles. The molecule has 0 aliphatic heterocycles. The summed E-state index contributed by atoms with van der Waals surface area (Å²) in [5, 5.41) is 19.3. The third-order valence-electron chi connectivity index (χ3n) is 6.52. The molecule has 27 heavy (non-hydrogen) atoms. The van der Waals surface area contributed by atoms with Crippen LogP contribution in [-0.2, 0) is 0 Å². The summed E-state index contributed by atoms with van der Waals surface area (Å²) in [6.07, 6.45) is -4.65. The quantitative estimate of drug-likeness (QED) is 0.505. The van der Waals surface area contributed by atoms with E-state index in [0.29, 0.717) is 6.08 Å². The summed E-state index contributed by atoms with van der Waals surface area (Å²) in [6, 6.07) is 0. The molecule has 0 aromatic carbocycles. The minimum Gasteiger partial charge on any atom is -0.393 e. The Labute approximate surface area is 154 Å². The molecule has 0 saturated heterocycles. The molecule has 0 bridgehead atoms. The van der Waals surface area contributed by atoms with Gasteiger partial charge in [-0.25, -0.2) is 0 Å².